The Bertz CT molecular complexity index is 892. The lowest BCUT2D eigenvalue weighted by atomic mass is 9.86. The van der Waals surface area contributed by atoms with E-state index in [1.165, 1.54) is 0 Å². The number of aromatic nitrogens is 2. The van der Waals surface area contributed by atoms with E-state index in [0.29, 0.717) is 34.7 Å². The van der Waals surface area contributed by atoms with Crippen molar-refractivity contribution >= 4 is 34.7 Å². The van der Waals surface area contributed by atoms with E-state index < -0.39 is 0 Å². The lowest BCUT2D eigenvalue weighted by Gasteiger charge is -2.22. The summed E-state index contributed by atoms with van der Waals surface area (Å²) in [7, 11) is 0. The average molecular weight is 405 g/mol. The zero-order valence-electron chi connectivity index (χ0n) is 14.5. The fourth-order valence-corrected chi connectivity index (χ4v) is 3.42. The third kappa shape index (κ3) is 4.16. The molecule has 1 aliphatic rings. The Balaban J connectivity index is 1.99. The van der Waals surface area contributed by atoms with Crippen molar-refractivity contribution in [1.29, 1.82) is 5.26 Å². The maximum absolute atomic E-state index is 9.52. The molecule has 0 saturated heterocycles. The van der Waals surface area contributed by atoms with Crippen LogP contribution in [-0.4, -0.2) is 40.7 Å². The largest absolute Gasteiger partial charge is 0.489 e. The SMILES string of the molecule is N#Cc1cc2c(c(Cl)c1OCCCl)CCC=C2c1cnc(NCCO)nc1. The number of alkyl halides is 1. The third-order valence-electron chi connectivity index (χ3n) is 4.16. The minimum atomic E-state index is 0.00714. The summed E-state index contributed by atoms with van der Waals surface area (Å²) >= 11 is 12.3. The van der Waals surface area contributed by atoms with Gasteiger partial charge < -0.3 is 15.2 Å². The topological polar surface area (TPSA) is 91.1 Å². The van der Waals surface area contributed by atoms with Crippen molar-refractivity contribution < 1.29 is 9.84 Å². The number of nitrogens with one attached hydrogen (secondary N) is 1. The molecule has 1 heterocycles. The Kier molecular flexibility index (Phi) is 6.51. The van der Waals surface area contributed by atoms with Crippen LogP contribution in [0.25, 0.3) is 5.57 Å². The summed E-state index contributed by atoms with van der Waals surface area (Å²) in [5.41, 5.74) is 3.98. The van der Waals surface area contributed by atoms with Crippen LogP contribution in [0.4, 0.5) is 5.95 Å². The second-order valence-electron chi connectivity index (χ2n) is 5.84. The van der Waals surface area contributed by atoms with Crippen molar-refractivity contribution in [3.8, 4) is 11.8 Å². The predicted octanol–water partition coefficient (Wildman–Crippen LogP) is 3.40. The molecule has 0 aliphatic heterocycles. The van der Waals surface area contributed by atoms with Crippen LogP contribution in [0.5, 0.6) is 5.75 Å². The number of nitrogens with zero attached hydrogens (tertiary/aromatic N) is 3. The quantitative estimate of drug-likeness (QED) is 0.687. The number of fused-ring (bicyclic) bond motifs is 1. The maximum Gasteiger partial charge on any atom is 0.222 e. The lowest BCUT2D eigenvalue weighted by molar-refractivity contribution is 0.311. The molecule has 1 aromatic carbocycles. The number of aliphatic hydroxyl groups excluding tert-OH is 1. The predicted molar refractivity (Wildman–Crippen MR) is 105 cm³/mol. The van der Waals surface area contributed by atoms with Gasteiger partial charge in [-0.1, -0.05) is 17.7 Å². The second kappa shape index (κ2) is 9.05. The molecule has 140 valence electrons. The minimum Gasteiger partial charge on any atom is -0.489 e. The fourth-order valence-electron chi connectivity index (χ4n) is 2.99. The summed E-state index contributed by atoms with van der Waals surface area (Å²) in [6.07, 6.45) is 7.10. The highest BCUT2D eigenvalue weighted by Crippen LogP contribution is 2.41. The lowest BCUT2D eigenvalue weighted by Crippen LogP contribution is -2.10. The number of halogens is 2. The maximum atomic E-state index is 9.52. The highest BCUT2D eigenvalue weighted by Gasteiger charge is 2.23. The molecular formula is C19H18Cl2N4O2. The standard InChI is InChI=1S/C19H18Cl2N4O2/c20-4-7-27-18-12(9-22)8-16-14(2-1-3-15(16)17(18)21)13-10-24-19(25-11-13)23-5-6-26/h2,8,10-11,26H,1,3-7H2,(H,23,24,25). The van der Waals surface area contributed by atoms with Crippen molar-refractivity contribution in [3.63, 3.8) is 0 Å². The summed E-state index contributed by atoms with van der Waals surface area (Å²) in [4.78, 5) is 8.55. The molecule has 27 heavy (non-hydrogen) atoms. The summed E-state index contributed by atoms with van der Waals surface area (Å²) in [6.45, 7) is 0.678. The second-order valence-corrected chi connectivity index (χ2v) is 6.60. The van der Waals surface area contributed by atoms with Crippen LogP contribution in [0.2, 0.25) is 5.02 Å². The number of aliphatic hydroxyl groups is 1. The van der Waals surface area contributed by atoms with E-state index in [1.807, 2.05) is 0 Å². The molecule has 1 aromatic heterocycles. The van der Waals surface area contributed by atoms with Crippen molar-refractivity contribution in [3.05, 3.63) is 51.8 Å². The Hall–Kier alpha value is -2.33. The van der Waals surface area contributed by atoms with E-state index in [2.05, 4.69) is 27.4 Å². The molecule has 0 radical (unpaired) electrons. The zero-order chi connectivity index (χ0) is 19.2. The molecule has 0 atom stereocenters. The first kappa shape index (κ1) is 19.4. The van der Waals surface area contributed by atoms with Crippen molar-refractivity contribution in [1.82, 2.24) is 9.97 Å². The normalized spacial score (nSPS) is 12.7. The Morgan fingerprint density at radius 1 is 1.33 bits per heavy atom. The number of hydrogen-bond donors (Lipinski definition) is 2. The number of anilines is 1. The molecule has 8 heteroatoms. The molecular weight excluding hydrogens is 387 g/mol. The van der Waals surface area contributed by atoms with Gasteiger partial charge in [-0.15, -0.1) is 11.6 Å². The van der Waals surface area contributed by atoms with E-state index in [0.717, 1.165) is 35.1 Å². The van der Waals surface area contributed by atoms with E-state index in [1.54, 1.807) is 18.5 Å². The van der Waals surface area contributed by atoms with Crippen LogP contribution in [0, 0.1) is 11.3 Å². The number of rotatable bonds is 7. The first-order valence-corrected chi connectivity index (χ1v) is 9.42. The molecule has 6 nitrogen and oxygen atoms in total. The molecule has 2 N–H and O–H groups in total. The zero-order valence-corrected chi connectivity index (χ0v) is 16.0. The van der Waals surface area contributed by atoms with Crippen LogP contribution in [-0.2, 0) is 6.42 Å². The van der Waals surface area contributed by atoms with Gasteiger partial charge in [-0.2, -0.15) is 5.26 Å². The van der Waals surface area contributed by atoms with Crippen molar-refractivity contribution in [2.24, 2.45) is 0 Å². The Labute approximate surface area is 167 Å². The van der Waals surface area contributed by atoms with Gasteiger partial charge in [-0.3, -0.25) is 0 Å². The van der Waals surface area contributed by atoms with Gasteiger partial charge in [0.1, 0.15) is 12.7 Å². The summed E-state index contributed by atoms with van der Waals surface area (Å²) in [6, 6.07) is 3.95. The molecule has 3 rings (SSSR count). The van der Waals surface area contributed by atoms with Crippen LogP contribution >= 0.6 is 23.2 Å². The number of ether oxygens (including phenoxy) is 1. The first-order chi connectivity index (χ1) is 13.2. The molecule has 0 saturated carbocycles. The summed E-state index contributed by atoms with van der Waals surface area (Å²) in [5.74, 6) is 1.15. The van der Waals surface area contributed by atoms with Gasteiger partial charge in [0.05, 0.1) is 23.1 Å². The number of hydrogen-bond acceptors (Lipinski definition) is 6. The average Bonchev–Trinajstić information content (AvgIpc) is 2.71. The Morgan fingerprint density at radius 2 is 2.11 bits per heavy atom. The fraction of sp³-hybridized carbons (Fsp3) is 0.316. The first-order valence-electron chi connectivity index (χ1n) is 8.51. The molecule has 1 aliphatic carbocycles. The highest BCUT2D eigenvalue weighted by atomic mass is 35.5. The summed E-state index contributed by atoms with van der Waals surface area (Å²) < 4.78 is 5.61. The van der Waals surface area contributed by atoms with Gasteiger partial charge in [0.2, 0.25) is 5.95 Å². The number of benzene rings is 1. The number of nitriles is 1. The van der Waals surface area contributed by atoms with E-state index >= 15 is 0 Å². The van der Waals surface area contributed by atoms with Gasteiger partial charge in [0.25, 0.3) is 0 Å². The van der Waals surface area contributed by atoms with Gasteiger partial charge in [0, 0.05) is 24.5 Å². The molecule has 2 aromatic rings. The molecule has 0 bridgehead atoms. The molecule has 0 spiro atoms. The van der Waals surface area contributed by atoms with Crippen LogP contribution < -0.4 is 10.1 Å². The number of allylic oxidation sites excluding steroid dienone is 1. The van der Waals surface area contributed by atoms with Crippen LogP contribution in [0.3, 0.4) is 0 Å². The molecule has 0 amide bonds. The van der Waals surface area contributed by atoms with E-state index in [-0.39, 0.29) is 13.2 Å². The van der Waals surface area contributed by atoms with Crippen LogP contribution in [0.15, 0.2) is 24.5 Å². The Morgan fingerprint density at radius 3 is 2.78 bits per heavy atom. The van der Waals surface area contributed by atoms with Crippen LogP contribution in [0.1, 0.15) is 28.7 Å². The highest BCUT2D eigenvalue weighted by molar-refractivity contribution is 6.33. The monoisotopic (exact) mass is 404 g/mol. The third-order valence-corrected chi connectivity index (χ3v) is 4.71. The van der Waals surface area contributed by atoms with Gasteiger partial charge >= 0.3 is 0 Å². The van der Waals surface area contributed by atoms with Crippen molar-refractivity contribution in [2.75, 3.05) is 31.0 Å². The summed E-state index contributed by atoms with van der Waals surface area (Å²) in [5, 5.41) is 21.8. The van der Waals surface area contributed by atoms with E-state index in [9.17, 15) is 5.26 Å². The minimum absolute atomic E-state index is 0.00714. The van der Waals surface area contributed by atoms with E-state index in [4.69, 9.17) is 33.0 Å². The smallest absolute Gasteiger partial charge is 0.222 e. The van der Waals surface area contributed by atoms with Gasteiger partial charge in [-0.25, -0.2) is 9.97 Å². The van der Waals surface area contributed by atoms with Crippen molar-refractivity contribution in [2.45, 2.75) is 12.8 Å². The molecule has 0 unspecified atom stereocenters. The van der Waals surface area contributed by atoms with Gasteiger partial charge in [-0.05, 0) is 35.6 Å². The molecule has 0 fully saturated rings. The van der Waals surface area contributed by atoms with Gasteiger partial charge in [0.15, 0.2) is 5.75 Å².